The Kier molecular flexibility index (Phi) is 2.09. The molecule has 1 N–H and O–H groups in total. The highest BCUT2D eigenvalue weighted by atomic mass is 16.4. The number of hydrogen-bond acceptors (Lipinski definition) is 1. The molecule has 2 saturated carbocycles. The van der Waals surface area contributed by atoms with Crippen molar-refractivity contribution in [2.75, 3.05) is 0 Å². The summed E-state index contributed by atoms with van der Waals surface area (Å²) >= 11 is 0. The number of aliphatic carboxylic acids is 1. The largest absolute Gasteiger partial charge is 0.481 e. The van der Waals surface area contributed by atoms with Crippen LogP contribution < -0.4 is 0 Å². The molecule has 0 spiro atoms. The van der Waals surface area contributed by atoms with Crippen molar-refractivity contribution in [2.24, 2.45) is 29.6 Å². The van der Waals surface area contributed by atoms with E-state index in [1.165, 1.54) is 12.8 Å². The molecule has 0 aromatic rings. The smallest absolute Gasteiger partial charge is 0.307 e. The Labute approximate surface area is 79.3 Å². The van der Waals surface area contributed by atoms with Gasteiger partial charge in [-0.25, -0.2) is 0 Å². The fourth-order valence-electron chi connectivity index (χ4n) is 3.66. The fourth-order valence-corrected chi connectivity index (χ4v) is 3.66. The lowest BCUT2D eigenvalue weighted by Gasteiger charge is -2.30. The van der Waals surface area contributed by atoms with E-state index in [-0.39, 0.29) is 5.92 Å². The van der Waals surface area contributed by atoms with Gasteiger partial charge in [0.05, 0.1) is 5.92 Å². The summed E-state index contributed by atoms with van der Waals surface area (Å²) in [6, 6.07) is 0. The van der Waals surface area contributed by atoms with Gasteiger partial charge in [-0.15, -0.1) is 0 Å². The Hall–Kier alpha value is -0.530. The molecule has 74 valence electrons. The van der Waals surface area contributed by atoms with Crippen LogP contribution in [0, 0.1) is 29.6 Å². The van der Waals surface area contributed by atoms with Crippen LogP contribution in [0.5, 0.6) is 0 Å². The lowest BCUT2D eigenvalue weighted by atomic mass is 9.73. The average Bonchev–Trinajstić information content (AvgIpc) is 2.60. The van der Waals surface area contributed by atoms with Crippen LogP contribution >= 0.6 is 0 Å². The van der Waals surface area contributed by atoms with Gasteiger partial charge in [0, 0.05) is 0 Å². The van der Waals surface area contributed by atoms with Crippen LogP contribution in [-0.2, 0) is 4.79 Å². The summed E-state index contributed by atoms with van der Waals surface area (Å²) in [6.45, 7) is 4.34. The van der Waals surface area contributed by atoms with Gasteiger partial charge in [-0.1, -0.05) is 13.8 Å². The number of carbonyl (C=O) groups is 1. The molecule has 0 amide bonds. The maximum atomic E-state index is 11.1. The molecule has 1 unspecified atom stereocenters. The Morgan fingerprint density at radius 3 is 2.38 bits per heavy atom. The first kappa shape index (κ1) is 9.04. The monoisotopic (exact) mass is 182 g/mol. The summed E-state index contributed by atoms with van der Waals surface area (Å²) in [6.07, 6.45) is 3.61. The molecule has 0 aromatic heterocycles. The normalized spacial score (nSPS) is 43.0. The van der Waals surface area contributed by atoms with Crippen molar-refractivity contribution in [1.29, 1.82) is 0 Å². The molecular weight excluding hydrogens is 164 g/mol. The van der Waals surface area contributed by atoms with Gasteiger partial charge < -0.3 is 5.11 Å². The standard InChI is InChI=1S/C11H18O2/c1-6(2)9-7-3-4-8(5-7)10(9)11(12)13/h6-10H,3-5H2,1-2H3,(H,12,13)/t7?,8-,9+,10-/m0/s1. The van der Waals surface area contributed by atoms with Gasteiger partial charge >= 0.3 is 5.97 Å². The van der Waals surface area contributed by atoms with Gasteiger partial charge in [-0.3, -0.25) is 4.79 Å². The highest BCUT2D eigenvalue weighted by Gasteiger charge is 2.51. The van der Waals surface area contributed by atoms with Crippen molar-refractivity contribution in [2.45, 2.75) is 33.1 Å². The molecule has 2 rings (SSSR count). The molecule has 2 heteroatoms. The van der Waals surface area contributed by atoms with E-state index < -0.39 is 5.97 Å². The van der Waals surface area contributed by atoms with Crippen LogP contribution in [0.4, 0.5) is 0 Å². The van der Waals surface area contributed by atoms with Crippen LogP contribution in [0.25, 0.3) is 0 Å². The van der Waals surface area contributed by atoms with Crippen molar-refractivity contribution in [3.05, 3.63) is 0 Å². The van der Waals surface area contributed by atoms with Gasteiger partial charge in [0.25, 0.3) is 0 Å². The van der Waals surface area contributed by atoms with Crippen molar-refractivity contribution in [1.82, 2.24) is 0 Å². The van der Waals surface area contributed by atoms with Gasteiger partial charge in [0.15, 0.2) is 0 Å². The zero-order valence-corrected chi connectivity index (χ0v) is 8.36. The van der Waals surface area contributed by atoms with Crippen molar-refractivity contribution in [3.8, 4) is 0 Å². The number of carboxylic acid groups (broad SMARTS) is 1. The Bertz CT molecular complexity index is 222. The first-order valence-electron chi connectivity index (χ1n) is 5.34. The van der Waals surface area contributed by atoms with Crippen LogP contribution in [0.1, 0.15) is 33.1 Å². The SMILES string of the molecule is CC(C)[C@@H]1C2CC[C@@H](C2)[C@@H]1C(=O)O. The zero-order valence-electron chi connectivity index (χ0n) is 8.36. The third-order valence-corrected chi connectivity index (χ3v) is 4.04. The lowest BCUT2D eigenvalue weighted by molar-refractivity contribution is -0.146. The molecule has 0 aromatic carbocycles. The molecule has 0 saturated heterocycles. The predicted molar refractivity (Wildman–Crippen MR) is 50.3 cm³/mol. The van der Waals surface area contributed by atoms with Crippen LogP contribution in [0.2, 0.25) is 0 Å². The molecule has 2 fully saturated rings. The first-order chi connectivity index (χ1) is 6.11. The summed E-state index contributed by atoms with van der Waals surface area (Å²) in [4.78, 5) is 11.1. The van der Waals surface area contributed by atoms with Crippen LogP contribution in [0.15, 0.2) is 0 Å². The molecule has 2 aliphatic rings. The van der Waals surface area contributed by atoms with Gasteiger partial charge in [0.2, 0.25) is 0 Å². The van der Waals surface area contributed by atoms with Crippen molar-refractivity contribution >= 4 is 5.97 Å². The second-order valence-electron chi connectivity index (χ2n) is 5.02. The summed E-state index contributed by atoms with van der Waals surface area (Å²) < 4.78 is 0. The van der Waals surface area contributed by atoms with Crippen LogP contribution in [-0.4, -0.2) is 11.1 Å². The molecule has 0 heterocycles. The Morgan fingerprint density at radius 2 is 1.92 bits per heavy atom. The van der Waals surface area contributed by atoms with E-state index >= 15 is 0 Å². The molecule has 4 atom stereocenters. The van der Waals surface area contributed by atoms with Gasteiger partial charge in [-0.2, -0.15) is 0 Å². The third-order valence-electron chi connectivity index (χ3n) is 4.04. The number of carboxylic acids is 1. The second-order valence-corrected chi connectivity index (χ2v) is 5.02. The first-order valence-corrected chi connectivity index (χ1v) is 5.34. The summed E-state index contributed by atoms with van der Waals surface area (Å²) in [5, 5.41) is 9.15. The lowest BCUT2D eigenvalue weighted by Crippen LogP contribution is -2.32. The van der Waals surface area contributed by atoms with Gasteiger partial charge in [-0.05, 0) is 42.9 Å². The number of hydrogen-bond donors (Lipinski definition) is 1. The summed E-state index contributed by atoms with van der Waals surface area (Å²) in [5.41, 5.74) is 0. The summed E-state index contributed by atoms with van der Waals surface area (Å²) in [5.74, 6) is 1.62. The minimum Gasteiger partial charge on any atom is -0.481 e. The third kappa shape index (κ3) is 1.27. The van der Waals surface area contributed by atoms with Crippen molar-refractivity contribution < 1.29 is 9.90 Å². The Morgan fingerprint density at radius 1 is 1.31 bits per heavy atom. The van der Waals surface area contributed by atoms with Crippen molar-refractivity contribution in [3.63, 3.8) is 0 Å². The Balaban J connectivity index is 2.20. The molecule has 2 nitrogen and oxygen atoms in total. The summed E-state index contributed by atoms with van der Waals surface area (Å²) in [7, 11) is 0. The highest BCUT2D eigenvalue weighted by molar-refractivity contribution is 5.71. The highest BCUT2D eigenvalue weighted by Crippen LogP contribution is 2.54. The molecule has 13 heavy (non-hydrogen) atoms. The number of rotatable bonds is 2. The molecule has 2 bridgehead atoms. The molecule has 0 radical (unpaired) electrons. The second kappa shape index (κ2) is 3.00. The molecule has 0 aliphatic heterocycles. The van der Waals surface area contributed by atoms with Crippen LogP contribution in [0.3, 0.4) is 0 Å². The van der Waals surface area contributed by atoms with E-state index in [0.717, 1.165) is 6.42 Å². The minimum atomic E-state index is -0.550. The molecule has 2 aliphatic carbocycles. The van der Waals surface area contributed by atoms with E-state index in [0.29, 0.717) is 23.7 Å². The maximum absolute atomic E-state index is 11.1. The quantitative estimate of drug-likeness (QED) is 0.712. The fraction of sp³-hybridized carbons (Fsp3) is 0.909. The predicted octanol–water partition coefficient (Wildman–Crippen LogP) is 2.39. The zero-order chi connectivity index (χ0) is 9.59. The molecular formula is C11H18O2. The van der Waals surface area contributed by atoms with E-state index in [4.69, 9.17) is 5.11 Å². The maximum Gasteiger partial charge on any atom is 0.307 e. The topological polar surface area (TPSA) is 37.3 Å². The van der Waals surface area contributed by atoms with E-state index in [2.05, 4.69) is 13.8 Å². The van der Waals surface area contributed by atoms with E-state index in [1.54, 1.807) is 0 Å². The number of fused-ring (bicyclic) bond motifs is 2. The van der Waals surface area contributed by atoms with Gasteiger partial charge in [0.1, 0.15) is 0 Å². The minimum absolute atomic E-state index is 0.0289. The van der Waals surface area contributed by atoms with E-state index in [9.17, 15) is 4.79 Å². The van der Waals surface area contributed by atoms with E-state index in [1.807, 2.05) is 0 Å². The average molecular weight is 182 g/mol.